The lowest BCUT2D eigenvalue weighted by molar-refractivity contribution is 0.0854. The summed E-state index contributed by atoms with van der Waals surface area (Å²) in [6.07, 6.45) is 7.04. The van der Waals surface area contributed by atoms with Crippen molar-refractivity contribution < 1.29 is 18.7 Å². The molecule has 6 nitrogen and oxygen atoms in total. The maximum atomic E-state index is 15.0. The fourth-order valence-corrected chi connectivity index (χ4v) is 3.54. The van der Waals surface area contributed by atoms with Crippen LogP contribution in [-0.2, 0) is 11.2 Å². The van der Waals surface area contributed by atoms with Crippen LogP contribution in [0, 0.1) is 12.7 Å². The van der Waals surface area contributed by atoms with Gasteiger partial charge in [-0.2, -0.15) is 0 Å². The highest BCUT2D eigenvalue weighted by Crippen LogP contribution is 2.30. The molecule has 1 heterocycles. The average Bonchev–Trinajstić information content (AvgIpc) is 3.30. The molecule has 31 heavy (non-hydrogen) atoms. The van der Waals surface area contributed by atoms with Gasteiger partial charge in [0.05, 0.1) is 24.5 Å². The van der Waals surface area contributed by atoms with E-state index in [0.29, 0.717) is 25.1 Å². The fourth-order valence-electron chi connectivity index (χ4n) is 3.54. The number of nitrogens with zero attached hydrogens (tertiary/aromatic N) is 1. The van der Waals surface area contributed by atoms with Crippen molar-refractivity contribution >= 4 is 17.8 Å². The Kier molecular flexibility index (Phi) is 7.78. The zero-order chi connectivity index (χ0) is 22.2. The van der Waals surface area contributed by atoms with E-state index in [1.807, 2.05) is 24.3 Å². The lowest BCUT2D eigenvalue weighted by Crippen LogP contribution is -2.32. The van der Waals surface area contributed by atoms with Gasteiger partial charge in [0.2, 0.25) is 0 Å². The van der Waals surface area contributed by atoms with Crippen LogP contribution in [0.3, 0.4) is 0 Å². The molecule has 1 amide bonds. The topological polar surface area (TPSA) is 85.9 Å². The number of nitrogens with one attached hydrogen (secondary N) is 1. The molecule has 1 saturated heterocycles. The van der Waals surface area contributed by atoms with Gasteiger partial charge in [-0.05, 0) is 73.4 Å². The standard InChI is InChI=1S/C24H28FN3O3/c1-16-18(13-17-6-8-19(9-7-17)27-11-4-10-26)14-21(23(30-2)22(16)25)24(29)28-15-20-5-3-12-31-20/h4,6-11,14,20H,3,5,12-13,15,26H2,1-2H3,(H,28,29). The number of amides is 1. The Bertz CT molecular complexity index is 965. The van der Waals surface area contributed by atoms with Crippen LogP contribution in [0.15, 0.2) is 47.6 Å². The van der Waals surface area contributed by atoms with Gasteiger partial charge in [0.15, 0.2) is 11.6 Å². The minimum Gasteiger partial charge on any atom is -0.493 e. The number of hydrogen-bond acceptors (Lipinski definition) is 5. The van der Waals surface area contributed by atoms with Crippen LogP contribution in [-0.4, -0.2) is 38.5 Å². The van der Waals surface area contributed by atoms with Crippen molar-refractivity contribution in [2.45, 2.75) is 32.3 Å². The zero-order valence-electron chi connectivity index (χ0n) is 17.9. The molecule has 1 aliphatic rings. The molecule has 3 rings (SSSR count). The van der Waals surface area contributed by atoms with Crippen molar-refractivity contribution in [1.82, 2.24) is 5.32 Å². The maximum absolute atomic E-state index is 15.0. The van der Waals surface area contributed by atoms with Gasteiger partial charge < -0.3 is 20.5 Å². The van der Waals surface area contributed by atoms with Crippen molar-refractivity contribution in [3.8, 4) is 5.75 Å². The molecule has 3 N–H and O–H groups in total. The fraction of sp³-hybridized carbons (Fsp3) is 0.333. The Hall–Kier alpha value is -3.19. The number of benzene rings is 2. The first-order valence-electron chi connectivity index (χ1n) is 10.3. The van der Waals surface area contributed by atoms with Crippen molar-refractivity contribution in [1.29, 1.82) is 0 Å². The molecule has 0 saturated carbocycles. The summed E-state index contributed by atoms with van der Waals surface area (Å²) in [6, 6.07) is 9.32. The van der Waals surface area contributed by atoms with Gasteiger partial charge >= 0.3 is 0 Å². The first kappa shape index (κ1) is 22.5. The molecule has 2 aromatic rings. The van der Waals surface area contributed by atoms with Crippen LogP contribution in [0.5, 0.6) is 5.75 Å². The van der Waals surface area contributed by atoms with Gasteiger partial charge in [-0.25, -0.2) is 4.39 Å². The second-order valence-corrected chi connectivity index (χ2v) is 7.41. The van der Waals surface area contributed by atoms with Crippen molar-refractivity contribution in [3.05, 3.63) is 70.7 Å². The first-order valence-corrected chi connectivity index (χ1v) is 10.3. The smallest absolute Gasteiger partial charge is 0.255 e. The highest BCUT2D eigenvalue weighted by Gasteiger charge is 2.23. The van der Waals surface area contributed by atoms with Gasteiger partial charge in [0.25, 0.3) is 5.91 Å². The summed E-state index contributed by atoms with van der Waals surface area (Å²) in [6.45, 7) is 2.80. The van der Waals surface area contributed by atoms with Crippen LogP contribution in [0.1, 0.15) is 39.9 Å². The predicted octanol–water partition coefficient (Wildman–Crippen LogP) is 3.82. The zero-order valence-corrected chi connectivity index (χ0v) is 17.9. The lowest BCUT2D eigenvalue weighted by Gasteiger charge is -2.16. The molecular weight excluding hydrogens is 397 g/mol. The van der Waals surface area contributed by atoms with E-state index in [9.17, 15) is 9.18 Å². The molecule has 2 aromatic carbocycles. The van der Waals surface area contributed by atoms with Crippen LogP contribution >= 0.6 is 0 Å². The third-order valence-corrected chi connectivity index (χ3v) is 5.29. The van der Waals surface area contributed by atoms with E-state index in [-0.39, 0.29) is 23.3 Å². The molecule has 1 atom stereocenters. The molecule has 164 valence electrons. The molecule has 7 heteroatoms. The number of ether oxygens (including phenoxy) is 2. The predicted molar refractivity (Wildman–Crippen MR) is 120 cm³/mol. The van der Waals surface area contributed by atoms with E-state index in [1.54, 1.807) is 25.3 Å². The van der Waals surface area contributed by atoms with Gasteiger partial charge in [-0.1, -0.05) is 12.1 Å². The van der Waals surface area contributed by atoms with Crippen LogP contribution in [0.25, 0.3) is 0 Å². The molecule has 0 aromatic heterocycles. The van der Waals surface area contributed by atoms with Crippen LogP contribution in [0.4, 0.5) is 10.1 Å². The number of nitrogens with two attached hydrogens (primary N) is 1. The van der Waals surface area contributed by atoms with E-state index < -0.39 is 5.82 Å². The summed E-state index contributed by atoms with van der Waals surface area (Å²) in [5.74, 6) is -0.925. The summed E-state index contributed by atoms with van der Waals surface area (Å²) < 4.78 is 25.8. The number of hydrogen-bond donors (Lipinski definition) is 2. The minimum absolute atomic E-state index is 0.00577. The highest BCUT2D eigenvalue weighted by molar-refractivity contribution is 5.97. The van der Waals surface area contributed by atoms with E-state index in [0.717, 1.165) is 29.7 Å². The number of halogens is 1. The first-order chi connectivity index (χ1) is 15.0. The van der Waals surface area contributed by atoms with Crippen molar-refractivity contribution in [2.24, 2.45) is 10.7 Å². The van der Waals surface area contributed by atoms with E-state index in [1.165, 1.54) is 13.3 Å². The Morgan fingerprint density at radius 3 is 2.81 bits per heavy atom. The molecular formula is C24H28FN3O3. The molecule has 0 radical (unpaired) electrons. The van der Waals surface area contributed by atoms with E-state index >= 15 is 0 Å². The van der Waals surface area contributed by atoms with Crippen LogP contribution < -0.4 is 15.8 Å². The number of carbonyl (C=O) groups excluding carboxylic acids is 1. The van der Waals surface area contributed by atoms with E-state index in [4.69, 9.17) is 15.2 Å². The molecule has 0 bridgehead atoms. The number of allylic oxidation sites excluding steroid dienone is 1. The lowest BCUT2D eigenvalue weighted by atomic mass is 9.96. The normalized spacial score (nSPS) is 16.3. The number of methoxy groups -OCH3 is 1. The highest BCUT2D eigenvalue weighted by atomic mass is 19.1. The van der Waals surface area contributed by atoms with Gasteiger partial charge in [-0.15, -0.1) is 0 Å². The second kappa shape index (κ2) is 10.7. The average molecular weight is 426 g/mol. The SMILES string of the molecule is COc1c(C(=O)NCC2CCCO2)cc(Cc2ccc(N=CC=CN)cc2)c(C)c1F. The molecule has 1 unspecified atom stereocenters. The summed E-state index contributed by atoms with van der Waals surface area (Å²) in [5, 5.41) is 2.84. The third kappa shape index (κ3) is 5.70. The minimum atomic E-state index is -0.517. The molecule has 0 aliphatic carbocycles. The van der Waals surface area contributed by atoms with Crippen molar-refractivity contribution in [2.75, 3.05) is 20.3 Å². The number of carbonyl (C=O) groups is 1. The molecule has 1 fully saturated rings. The monoisotopic (exact) mass is 425 g/mol. The maximum Gasteiger partial charge on any atom is 0.255 e. The summed E-state index contributed by atoms with van der Waals surface area (Å²) in [7, 11) is 1.37. The van der Waals surface area contributed by atoms with Gasteiger partial charge in [0.1, 0.15) is 0 Å². The Morgan fingerprint density at radius 1 is 1.39 bits per heavy atom. The third-order valence-electron chi connectivity index (χ3n) is 5.29. The van der Waals surface area contributed by atoms with E-state index in [2.05, 4.69) is 10.3 Å². The van der Waals surface area contributed by atoms with Crippen molar-refractivity contribution in [3.63, 3.8) is 0 Å². The van der Waals surface area contributed by atoms with Gasteiger partial charge in [0, 0.05) is 19.4 Å². The summed E-state index contributed by atoms with van der Waals surface area (Å²) in [4.78, 5) is 17.0. The number of rotatable bonds is 8. The Balaban J connectivity index is 1.80. The van der Waals surface area contributed by atoms with Crippen LogP contribution in [0.2, 0.25) is 0 Å². The molecule has 0 spiro atoms. The summed E-state index contributed by atoms with van der Waals surface area (Å²) in [5.41, 5.74) is 8.43. The molecule has 1 aliphatic heterocycles. The Morgan fingerprint density at radius 2 is 2.16 bits per heavy atom. The summed E-state index contributed by atoms with van der Waals surface area (Å²) >= 11 is 0. The Labute approximate surface area is 182 Å². The quantitative estimate of drug-likeness (QED) is 0.630. The second-order valence-electron chi connectivity index (χ2n) is 7.41. The largest absolute Gasteiger partial charge is 0.493 e. The number of aliphatic imine (C=N–C) groups is 1. The van der Waals surface area contributed by atoms with Gasteiger partial charge in [-0.3, -0.25) is 9.79 Å².